The smallest absolute Gasteiger partial charge is 0.279 e. The number of carbonyl (C=O) groups excluding carboxylic acids is 2. The van der Waals surface area contributed by atoms with Crippen LogP contribution < -0.4 is 15.5 Å². The highest BCUT2D eigenvalue weighted by Crippen LogP contribution is 2.19. The standard InChI is InChI=1S/C16H20F3N3O3/c1-22(8-13(23)20-7-10-3-2-6-25-10)9-14(24)21-12-5-4-11(17)15(18)16(12)19/h4-5,10H,2-3,6-9H2,1H3,(H,20,23)(H,21,24)/p+1/t10-/m1/s1. The summed E-state index contributed by atoms with van der Waals surface area (Å²) in [4.78, 5) is 24.2. The van der Waals surface area contributed by atoms with Gasteiger partial charge in [-0.05, 0) is 25.0 Å². The molecule has 0 aromatic heterocycles. The zero-order valence-electron chi connectivity index (χ0n) is 13.8. The summed E-state index contributed by atoms with van der Waals surface area (Å²) in [5, 5.41) is 4.90. The number of ether oxygens (including phenoxy) is 1. The van der Waals surface area contributed by atoms with Gasteiger partial charge in [0.2, 0.25) is 0 Å². The first kappa shape index (κ1) is 19.2. The molecule has 6 nitrogen and oxygen atoms in total. The fourth-order valence-electron chi connectivity index (χ4n) is 2.52. The first-order valence-electron chi connectivity index (χ1n) is 7.99. The van der Waals surface area contributed by atoms with E-state index < -0.39 is 29.0 Å². The van der Waals surface area contributed by atoms with E-state index in [2.05, 4.69) is 10.6 Å². The average molecular weight is 360 g/mol. The molecule has 1 unspecified atom stereocenters. The number of hydrogen-bond donors (Lipinski definition) is 3. The molecule has 2 amide bonds. The molecule has 2 atom stereocenters. The van der Waals surface area contributed by atoms with Crippen molar-refractivity contribution in [1.82, 2.24) is 5.32 Å². The Morgan fingerprint density at radius 3 is 2.60 bits per heavy atom. The molecule has 0 saturated carbocycles. The van der Waals surface area contributed by atoms with Crippen molar-refractivity contribution in [1.29, 1.82) is 0 Å². The summed E-state index contributed by atoms with van der Waals surface area (Å²) >= 11 is 0. The summed E-state index contributed by atoms with van der Waals surface area (Å²) in [6.45, 7) is 1.04. The second-order valence-electron chi connectivity index (χ2n) is 6.02. The predicted octanol–water partition coefficient (Wildman–Crippen LogP) is -0.148. The summed E-state index contributed by atoms with van der Waals surface area (Å²) in [5.41, 5.74) is -0.445. The van der Waals surface area contributed by atoms with E-state index in [1.807, 2.05) is 0 Å². The molecule has 1 aliphatic heterocycles. The summed E-state index contributed by atoms with van der Waals surface area (Å²) in [5.74, 6) is -5.29. The Bertz CT molecular complexity index is 637. The van der Waals surface area contributed by atoms with E-state index >= 15 is 0 Å². The van der Waals surface area contributed by atoms with Gasteiger partial charge in [0.05, 0.1) is 18.8 Å². The SMILES string of the molecule is C[NH+](CC(=O)NC[C@H]1CCCO1)CC(=O)Nc1ccc(F)c(F)c1F. The molecular formula is C16H21F3N3O3+. The van der Waals surface area contributed by atoms with Gasteiger partial charge >= 0.3 is 0 Å². The molecule has 1 fully saturated rings. The van der Waals surface area contributed by atoms with E-state index in [0.29, 0.717) is 18.1 Å². The molecule has 2 rings (SSSR count). The van der Waals surface area contributed by atoms with Crippen molar-refractivity contribution in [3.63, 3.8) is 0 Å². The van der Waals surface area contributed by atoms with E-state index in [-0.39, 0.29) is 25.1 Å². The van der Waals surface area contributed by atoms with Crippen LogP contribution in [0.25, 0.3) is 0 Å². The molecule has 1 aromatic rings. The van der Waals surface area contributed by atoms with Crippen LogP contribution in [0.2, 0.25) is 0 Å². The maximum absolute atomic E-state index is 13.5. The number of rotatable bonds is 7. The van der Waals surface area contributed by atoms with Crippen LogP contribution in [-0.4, -0.2) is 51.2 Å². The zero-order chi connectivity index (χ0) is 18.4. The van der Waals surface area contributed by atoms with Gasteiger partial charge in [-0.2, -0.15) is 0 Å². The molecule has 25 heavy (non-hydrogen) atoms. The average Bonchev–Trinajstić information content (AvgIpc) is 3.07. The third-order valence-electron chi connectivity index (χ3n) is 3.78. The lowest BCUT2D eigenvalue weighted by Gasteiger charge is -2.15. The number of likely N-dealkylation sites (N-methyl/N-ethyl adjacent to an activating group) is 1. The van der Waals surface area contributed by atoms with E-state index in [1.54, 1.807) is 7.05 Å². The van der Waals surface area contributed by atoms with Crippen molar-refractivity contribution in [2.45, 2.75) is 18.9 Å². The number of carbonyl (C=O) groups is 2. The third-order valence-corrected chi connectivity index (χ3v) is 3.78. The molecule has 138 valence electrons. The predicted molar refractivity (Wildman–Crippen MR) is 83.6 cm³/mol. The molecule has 3 N–H and O–H groups in total. The van der Waals surface area contributed by atoms with Crippen molar-refractivity contribution in [3.8, 4) is 0 Å². The molecule has 0 aliphatic carbocycles. The van der Waals surface area contributed by atoms with Gasteiger partial charge in [0.25, 0.3) is 11.8 Å². The number of quaternary nitrogens is 1. The maximum atomic E-state index is 13.5. The van der Waals surface area contributed by atoms with E-state index in [4.69, 9.17) is 4.74 Å². The van der Waals surface area contributed by atoms with Crippen LogP contribution in [0, 0.1) is 17.5 Å². The Labute approximate surface area is 143 Å². The fourth-order valence-corrected chi connectivity index (χ4v) is 2.52. The number of hydrogen-bond acceptors (Lipinski definition) is 3. The largest absolute Gasteiger partial charge is 0.376 e. The van der Waals surface area contributed by atoms with Gasteiger partial charge in [-0.3, -0.25) is 9.59 Å². The van der Waals surface area contributed by atoms with Crippen LogP contribution in [0.1, 0.15) is 12.8 Å². The minimum Gasteiger partial charge on any atom is -0.376 e. The second kappa shape index (κ2) is 8.82. The summed E-state index contributed by atoms with van der Waals surface area (Å²) in [6, 6.07) is 1.67. The Hall–Kier alpha value is -2.13. The summed E-state index contributed by atoms with van der Waals surface area (Å²) < 4.78 is 44.9. The third kappa shape index (κ3) is 5.71. The van der Waals surface area contributed by atoms with Crippen molar-refractivity contribution in [2.24, 2.45) is 0 Å². The molecule has 0 bridgehead atoms. The number of benzene rings is 1. The second-order valence-corrected chi connectivity index (χ2v) is 6.02. The molecule has 1 heterocycles. The van der Waals surface area contributed by atoms with Gasteiger partial charge in [-0.1, -0.05) is 0 Å². The lowest BCUT2D eigenvalue weighted by atomic mass is 10.2. The van der Waals surface area contributed by atoms with Gasteiger partial charge in [0.15, 0.2) is 30.5 Å². The van der Waals surface area contributed by atoms with Gasteiger partial charge in [-0.15, -0.1) is 0 Å². The molecule has 1 aliphatic rings. The van der Waals surface area contributed by atoms with Crippen LogP contribution in [0.4, 0.5) is 18.9 Å². The summed E-state index contributed by atoms with van der Waals surface area (Å²) in [7, 11) is 1.62. The minimum absolute atomic E-state index is 0.0314. The van der Waals surface area contributed by atoms with Gasteiger partial charge in [-0.25, -0.2) is 13.2 Å². The van der Waals surface area contributed by atoms with Crippen molar-refractivity contribution < 1.29 is 32.4 Å². The zero-order valence-corrected chi connectivity index (χ0v) is 13.8. The van der Waals surface area contributed by atoms with Crippen LogP contribution >= 0.6 is 0 Å². The van der Waals surface area contributed by atoms with Crippen molar-refractivity contribution in [2.75, 3.05) is 38.6 Å². The molecule has 1 saturated heterocycles. The lowest BCUT2D eigenvalue weighted by molar-refractivity contribution is -0.862. The highest BCUT2D eigenvalue weighted by atomic mass is 19.2. The van der Waals surface area contributed by atoms with Gasteiger partial charge in [0.1, 0.15) is 0 Å². The lowest BCUT2D eigenvalue weighted by Crippen LogP contribution is -3.11. The first-order valence-corrected chi connectivity index (χ1v) is 7.99. The highest BCUT2D eigenvalue weighted by molar-refractivity contribution is 5.91. The minimum atomic E-state index is -1.65. The van der Waals surface area contributed by atoms with E-state index in [0.717, 1.165) is 25.0 Å². The van der Waals surface area contributed by atoms with Crippen LogP contribution in [0.15, 0.2) is 12.1 Å². The molecule has 0 spiro atoms. The first-order chi connectivity index (χ1) is 11.9. The summed E-state index contributed by atoms with van der Waals surface area (Å²) in [6.07, 6.45) is 1.92. The number of nitrogens with one attached hydrogen (secondary N) is 3. The monoisotopic (exact) mass is 360 g/mol. The van der Waals surface area contributed by atoms with Gasteiger partial charge < -0.3 is 20.3 Å². The number of halogens is 3. The van der Waals surface area contributed by atoms with Gasteiger partial charge in [0, 0.05) is 13.2 Å². The molecule has 1 aromatic carbocycles. The molecule has 9 heteroatoms. The van der Waals surface area contributed by atoms with E-state index in [9.17, 15) is 22.8 Å². The van der Waals surface area contributed by atoms with Crippen LogP contribution in [0.3, 0.4) is 0 Å². The quantitative estimate of drug-likeness (QED) is 0.593. The number of amides is 2. The Balaban J connectivity index is 1.75. The van der Waals surface area contributed by atoms with Crippen LogP contribution in [0.5, 0.6) is 0 Å². The fraction of sp³-hybridized carbons (Fsp3) is 0.500. The van der Waals surface area contributed by atoms with Crippen molar-refractivity contribution >= 4 is 17.5 Å². The Kier molecular flexibility index (Phi) is 6.77. The van der Waals surface area contributed by atoms with E-state index in [1.165, 1.54) is 0 Å². The Morgan fingerprint density at radius 1 is 1.20 bits per heavy atom. The molecular weight excluding hydrogens is 339 g/mol. The van der Waals surface area contributed by atoms with Crippen molar-refractivity contribution in [3.05, 3.63) is 29.6 Å². The number of anilines is 1. The maximum Gasteiger partial charge on any atom is 0.279 e. The van der Waals surface area contributed by atoms with Crippen LogP contribution in [-0.2, 0) is 14.3 Å². The molecule has 0 radical (unpaired) electrons. The topological polar surface area (TPSA) is 71.9 Å². The normalized spacial score (nSPS) is 18.0. The highest BCUT2D eigenvalue weighted by Gasteiger charge is 2.20. The Morgan fingerprint density at radius 2 is 1.92 bits per heavy atom.